The predicted molar refractivity (Wildman–Crippen MR) is 67.7 cm³/mol. The summed E-state index contributed by atoms with van der Waals surface area (Å²) in [6.07, 6.45) is 3.37. The molecule has 1 heterocycles. The first kappa shape index (κ1) is 12.4. The van der Waals surface area contributed by atoms with Crippen molar-refractivity contribution >= 4 is 0 Å². The van der Waals surface area contributed by atoms with E-state index < -0.39 is 0 Å². The number of hydrogen-bond donors (Lipinski definition) is 2. The summed E-state index contributed by atoms with van der Waals surface area (Å²) in [6.45, 7) is 0.354. The van der Waals surface area contributed by atoms with Gasteiger partial charge in [-0.2, -0.15) is 0 Å². The third-order valence-electron chi connectivity index (χ3n) is 2.67. The number of aliphatic hydroxyl groups is 1. The lowest BCUT2D eigenvalue weighted by atomic mass is 10.0. The van der Waals surface area contributed by atoms with E-state index in [0.717, 1.165) is 5.56 Å². The number of phenolic OH excluding ortho intramolecular Hbond substituents is 1. The molecule has 18 heavy (non-hydrogen) atoms. The summed E-state index contributed by atoms with van der Waals surface area (Å²) in [5, 5.41) is 18.7. The highest BCUT2D eigenvalue weighted by molar-refractivity contribution is 5.31. The molecule has 2 rings (SSSR count). The molecule has 1 atom stereocenters. The molecule has 0 saturated carbocycles. The summed E-state index contributed by atoms with van der Waals surface area (Å²) in [7, 11) is 0. The van der Waals surface area contributed by atoms with Gasteiger partial charge in [0, 0.05) is 24.4 Å². The van der Waals surface area contributed by atoms with Crippen molar-refractivity contribution in [3.05, 3.63) is 54.4 Å². The fraction of sp³-hybridized carbons (Fsp3) is 0.214. The minimum Gasteiger partial charge on any atom is -0.508 e. The van der Waals surface area contributed by atoms with Gasteiger partial charge in [-0.25, -0.2) is 0 Å². The van der Waals surface area contributed by atoms with Gasteiger partial charge in [-0.1, -0.05) is 6.07 Å². The van der Waals surface area contributed by atoms with Gasteiger partial charge < -0.3 is 14.9 Å². The van der Waals surface area contributed by atoms with Crippen LogP contribution < -0.4 is 4.74 Å². The summed E-state index contributed by atoms with van der Waals surface area (Å²) in [5.74, 6) is 0.648. The standard InChI is InChI=1S/C14H15NO3/c16-9-12(11-4-6-15-7-5-11)10-18-14-3-1-2-13(17)8-14/h1-8,12,16-17H,9-10H2. The number of benzene rings is 1. The van der Waals surface area contributed by atoms with Crippen LogP contribution in [0.4, 0.5) is 0 Å². The van der Waals surface area contributed by atoms with Crippen LogP contribution in [0, 0.1) is 0 Å². The zero-order valence-electron chi connectivity index (χ0n) is 9.86. The molecule has 0 aliphatic carbocycles. The molecule has 0 fully saturated rings. The van der Waals surface area contributed by atoms with Gasteiger partial charge >= 0.3 is 0 Å². The molecule has 2 N–H and O–H groups in total. The molecule has 4 nitrogen and oxygen atoms in total. The summed E-state index contributed by atoms with van der Waals surface area (Å²) in [4.78, 5) is 3.94. The van der Waals surface area contributed by atoms with E-state index in [1.165, 1.54) is 0 Å². The molecule has 0 saturated heterocycles. The van der Waals surface area contributed by atoms with Crippen LogP contribution in [0.2, 0.25) is 0 Å². The van der Waals surface area contributed by atoms with E-state index in [0.29, 0.717) is 12.4 Å². The molecule has 0 spiro atoms. The first-order chi connectivity index (χ1) is 8.79. The van der Waals surface area contributed by atoms with Gasteiger partial charge in [-0.05, 0) is 29.8 Å². The number of hydrogen-bond acceptors (Lipinski definition) is 4. The van der Waals surface area contributed by atoms with Crippen molar-refractivity contribution < 1.29 is 14.9 Å². The third kappa shape index (κ3) is 3.21. The summed E-state index contributed by atoms with van der Waals surface area (Å²) in [6, 6.07) is 10.3. The first-order valence-electron chi connectivity index (χ1n) is 5.72. The van der Waals surface area contributed by atoms with Crippen LogP contribution in [-0.2, 0) is 0 Å². The molecule has 4 heteroatoms. The van der Waals surface area contributed by atoms with Crippen LogP contribution in [-0.4, -0.2) is 28.4 Å². The van der Waals surface area contributed by atoms with Gasteiger partial charge in [-0.3, -0.25) is 4.98 Å². The highest BCUT2D eigenvalue weighted by Crippen LogP contribution is 2.20. The van der Waals surface area contributed by atoms with Gasteiger partial charge in [0.05, 0.1) is 13.2 Å². The average Bonchev–Trinajstić information content (AvgIpc) is 2.41. The molecular weight excluding hydrogens is 230 g/mol. The Balaban J connectivity index is 2.00. The normalized spacial score (nSPS) is 12.1. The van der Waals surface area contributed by atoms with Crippen LogP contribution in [0.5, 0.6) is 11.5 Å². The second kappa shape index (κ2) is 6.02. The van der Waals surface area contributed by atoms with Crippen molar-refractivity contribution in [2.75, 3.05) is 13.2 Å². The number of aromatic hydroxyl groups is 1. The Labute approximate surface area is 106 Å². The Morgan fingerprint density at radius 1 is 1.17 bits per heavy atom. The van der Waals surface area contributed by atoms with Gasteiger partial charge in [0.15, 0.2) is 0 Å². The molecule has 0 aliphatic rings. The van der Waals surface area contributed by atoms with Crippen molar-refractivity contribution in [3.63, 3.8) is 0 Å². The number of ether oxygens (including phenoxy) is 1. The van der Waals surface area contributed by atoms with Crippen LogP contribution in [0.3, 0.4) is 0 Å². The lowest BCUT2D eigenvalue weighted by molar-refractivity contribution is 0.204. The zero-order chi connectivity index (χ0) is 12.8. The topological polar surface area (TPSA) is 62.6 Å². The van der Waals surface area contributed by atoms with E-state index >= 15 is 0 Å². The quantitative estimate of drug-likeness (QED) is 0.845. The predicted octanol–water partition coefficient (Wildman–Crippen LogP) is 1.94. The molecule has 2 aromatic rings. The number of pyridine rings is 1. The average molecular weight is 245 g/mol. The van der Waals surface area contributed by atoms with Crippen molar-refractivity contribution in [3.8, 4) is 11.5 Å². The molecule has 0 aliphatic heterocycles. The van der Waals surface area contributed by atoms with E-state index in [2.05, 4.69) is 4.98 Å². The van der Waals surface area contributed by atoms with E-state index in [-0.39, 0.29) is 18.3 Å². The summed E-state index contributed by atoms with van der Waals surface area (Å²) in [5.41, 5.74) is 0.979. The fourth-order valence-electron chi connectivity index (χ4n) is 1.66. The van der Waals surface area contributed by atoms with Gasteiger partial charge in [0.2, 0.25) is 0 Å². The van der Waals surface area contributed by atoms with E-state index in [4.69, 9.17) is 4.74 Å². The van der Waals surface area contributed by atoms with E-state index in [1.54, 1.807) is 36.7 Å². The molecule has 0 bridgehead atoms. The van der Waals surface area contributed by atoms with Crippen LogP contribution in [0.15, 0.2) is 48.8 Å². The Morgan fingerprint density at radius 2 is 1.94 bits per heavy atom. The third-order valence-corrected chi connectivity index (χ3v) is 2.67. The number of rotatable bonds is 5. The van der Waals surface area contributed by atoms with Crippen molar-refractivity contribution in [2.45, 2.75) is 5.92 Å². The highest BCUT2D eigenvalue weighted by atomic mass is 16.5. The second-order valence-corrected chi connectivity index (χ2v) is 3.97. The maximum atomic E-state index is 9.36. The Hall–Kier alpha value is -2.07. The van der Waals surface area contributed by atoms with Gasteiger partial charge in [-0.15, -0.1) is 0 Å². The smallest absolute Gasteiger partial charge is 0.123 e. The highest BCUT2D eigenvalue weighted by Gasteiger charge is 2.11. The molecule has 0 radical (unpaired) electrons. The molecule has 1 unspecified atom stereocenters. The van der Waals surface area contributed by atoms with Crippen LogP contribution in [0.25, 0.3) is 0 Å². The molecular formula is C14H15NO3. The lowest BCUT2D eigenvalue weighted by Gasteiger charge is -2.15. The van der Waals surface area contributed by atoms with Crippen LogP contribution >= 0.6 is 0 Å². The Morgan fingerprint density at radius 3 is 2.61 bits per heavy atom. The van der Waals surface area contributed by atoms with Crippen molar-refractivity contribution in [1.82, 2.24) is 4.98 Å². The van der Waals surface area contributed by atoms with Gasteiger partial charge in [0.25, 0.3) is 0 Å². The first-order valence-corrected chi connectivity index (χ1v) is 5.72. The Kier molecular flexibility index (Phi) is 4.15. The number of aromatic nitrogens is 1. The molecule has 1 aromatic carbocycles. The largest absolute Gasteiger partial charge is 0.508 e. The van der Waals surface area contributed by atoms with Gasteiger partial charge in [0.1, 0.15) is 11.5 Å². The lowest BCUT2D eigenvalue weighted by Crippen LogP contribution is -2.14. The van der Waals surface area contributed by atoms with E-state index in [1.807, 2.05) is 12.1 Å². The summed E-state index contributed by atoms with van der Waals surface area (Å²) < 4.78 is 5.55. The van der Waals surface area contributed by atoms with Crippen LogP contribution in [0.1, 0.15) is 11.5 Å². The fourth-order valence-corrected chi connectivity index (χ4v) is 1.66. The molecule has 94 valence electrons. The van der Waals surface area contributed by atoms with Crippen molar-refractivity contribution in [1.29, 1.82) is 0 Å². The molecule has 0 amide bonds. The second-order valence-electron chi connectivity index (χ2n) is 3.97. The molecule has 1 aromatic heterocycles. The maximum Gasteiger partial charge on any atom is 0.123 e. The number of aliphatic hydroxyl groups excluding tert-OH is 1. The minimum atomic E-state index is -0.102. The monoisotopic (exact) mass is 245 g/mol. The summed E-state index contributed by atoms with van der Waals surface area (Å²) >= 11 is 0. The maximum absolute atomic E-state index is 9.36. The Bertz CT molecular complexity index is 487. The number of nitrogens with zero attached hydrogens (tertiary/aromatic N) is 1. The zero-order valence-corrected chi connectivity index (χ0v) is 9.86. The van der Waals surface area contributed by atoms with Crippen molar-refractivity contribution in [2.24, 2.45) is 0 Å². The van der Waals surface area contributed by atoms with E-state index in [9.17, 15) is 10.2 Å². The SMILES string of the molecule is OCC(COc1cccc(O)c1)c1ccncc1. The number of phenols is 1. The minimum absolute atomic E-state index is 0.00281.